The molecule has 3 heteroatoms. The van der Waals surface area contributed by atoms with Crippen molar-refractivity contribution in [2.45, 2.75) is 39.7 Å². The van der Waals surface area contributed by atoms with Crippen molar-refractivity contribution < 1.29 is 14.0 Å². The lowest BCUT2D eigenvalue weighted by Crippen LogP contribution is -2.48. The van der Waals surface area contributed by atoms with Gasteiger partial charge in [0.15, 0.2) is 5.78 Å². The Labute approximate surface area is 157 Å². The maximum Gasteiger partial charge on any atom is 0.191 e. The number of hydrogen-bond acceptors (Lipinski definition) is 2. The predicted molar refractivity (Wildman–Crippen MR) is 105 cm³/mol. The third-order valence-electron chi connectivity index (χ3n) is 5.67. The summed E-state index contributed by atoms with van der Waals surface area (Å²) in [4.78, 5) is 13.0. The fourth-order valence-corrected chi connectivity index (χ4v) is 4.33. The van der Waals surface area contributed by atoms with E-state index in [2.05, 4.69) is 44.2 Å². The summed E-state index contributed by atoms with van der Waals surface area (Å²) in [5.41, 5.74) is 4.78. The van der Waals surface area contributed by atoms with Crippen LogP contribution in [0.25, 0.3) is 0 Å². The predicted octanol–water partition coefficient (Wildman–Crippen LogP) is 4.23. The molecule has 1 heterocycles. The number of Topliss-reactive ketones (excluding diaryl/α,β-unsaturated/α-hetero) is 1. The van der Waals surface area contributed by atoms with E-state index in [4.69, 9.17) is 4.74 Å². The highest BCUT2D eigenvalue weighted by atomic mass is 16.5. The molecule has 26 heavy (non-hydrogen) atoms. The van der Waals surface area contributed by atoms with Crippen LogP contribution in [-0.4, -0.2) is 37.0 Å². The van der Waals surface area contributed by atoms with Crippen molar-refractivity contribution in [1.82, 2.24) is 0 Å². The van der Waals surface area contributed by atoms with Crippen LogP contribution in [0.5, 0.6) is 5.75 Å². The minimum absolute atomic E-state index is 0.346. The first-order valence-corrected chi connectivity index (χ1v) is 9.56. The van der Waals surface area contributed by atoms with Crippen molar-refractivity contribution in [3.05, 3.63) is 64.7 Å². The standard InChI is InChI=1S/C23H30NO2/c1-18-13-22(26-3)14-19(2)23(18)15-21(25)17-24(11-7-8-12-24)16-20-9-5-4-6-10-20/h4-6,9-10,13-14H,7-8,11-12,15-17H2,1-3H3/q+1. The van der Waals surface area contributed by atoms with E-state index in [9.17, 15) is 4.79 Å². The molecule has 1 aliphatic rings. The molecule has 0 unspecified atom stereocenters. The third kappa shape index (κ3) is 4.34. The minimum atomic E-state index is 0.346. The quantitative estimate of drug-likeness (QED) is 0.697. The van der Waals surface area contributed by atoms with Crippen LogP contribution in [0.3, 0.4) is 0 Å². The summed E-state index contributed by atoms with van der Waals surface area (Å²) in [6.07, 6.45) is 2.97. The highest BCUT2D eigenvalue weighted by molar-refractivity contribution is 5.82. The van der Waals surface area contributed by atoms with Gasteiger partial charge in [-0.3, -0.25) is 4.79 Å². The normalized spacial score (nSPS) is 15.8. The summed E-state index contributed by atoms with van der Waals surface area (Å²) >= 11 is 0. The molecule has 0 bridgehead atoms. The second kappa shape index (κ2) is 8.05. The fraction of sp³-hybridized carbons (Fsp3) is 0.435. The van der Waals surface area contributed by atoms with E-state index in [1.54, 1.807) is 7.11 Å². The number of aryl methyl sites for hydroxylation is 2. The second-order valence-electron chi connectivity index (χ2n) is 7.75. The van der Waals surface area contributed by atoms with Gasteiger partial charge < -0.3 is 9.22 Å². The van der Waals surface area contributed by atoms with Crippen LogP contribution in [0.15, 0.2) is 42.5 Å². The molecule has 3 nitrogen and oxygen atoms in total. The maximum atomic E-state index is 13.0. The Hall–Kier alpha value is -2.13. The van der Waals surface area contributed by atoms with Crippen LogP contribution >= 0.6 is 0 Å². The van der Waals surface area contributed by atoms with Crippen molar-refractivity contribution in [1.29, 1.82) is 0 Å². The molecule has 3 rings (SSSR count). The van der Waals surface area contributed by atoms with Gasteiger partial charge in [-0.15, -0.1) is 0 Å². The number of carbonyl (C=O) groups is 1. The number of methoxy groups -OCH3 is 1. The van der Waals surface area contributed by atoms with E-state index in [1.807, 2.05) is 12.1 Å². The minimum Gasteiger partial charge on any atom is -0.497 e. The Morgan fingerprint density at radius 2 is 1.65 bits per heavy atom. The number of quaternary nitrogens is 1. The van der Waals surface area contributed by atoms with Crippen molar-refractivity contribution in [2.75, 3.05) is 26.7 Å². The van der Waals surface area contributed by atoms with Gasteiger partial charge >= 0.3 is 0 Å². The van der Waals surface area contributed by atoms with Crippen LogP contribution in [0, 0.1) is 13.8 Å². The van der Waals surface area contributed by atoms with Crippen LogP contribution in [-0.2, 0) is 17.8 Å². The lowest BCUT2D eigenvalue weighted by molar-refractivity contribution is -0.922. The number of benzene rings is 2. The summed E-state index contributed by atoms with van der Waals surface area (Å²) in [5.74, 6) is 1.21. The highest BCUT2D eigenvalue weighted by Gasteiger charge is 2.34. The number of carbonyl (C=O) groups excluding carboxylic acids is 1. The van der Waals surface area contributed by atoms with E-state index in [0.717, 1.165) is 46.6 Å². The molecule has 0 amide bonds. The van der Waals surface area contributed by atoms with Crippen molar-refractivity contribution in [2.24, 2.45) is 0 Å². The molecule has 2 aromatic rings. The lowest BCUT2D eigenvalue weighted by Gasteiger charge is -2.34. The van der Waals surface area contributed by atoms with Gasteiger partial charge in [0, 0.05) is 24.8 Å². The summed E-state index contributed by atoms with van der Waals surface area (Å²) in [7, 11) is 1.68. The van der Waals surface area contributed by atoms with Gasteiger partial charge in [-0.25, -0.2) is 0 Å². The molecular formula is C23H30NO2+. The molecule has 0 saturated carbocycles. The molecule has 0 N–H and O–H groups in total. The molecule has 1 fully saturated rings. The van der Waals surface area contributed by atoms with Crippen LogP contribution in [0.4, 0.5) is 0 Å². The Kier molecular flexibility index (Phi) is 5.77. The zero-order chi connectivity index (χ0) is 18.6. The Morgan fingerprint density at radius 3 is 2.23 bits per heavy atom. The Morgan fingerprint density at radius 1 is 1.04 bits per heavy atom. The van der Waals surface area contributed by atoms with Gasteiger partial charge in [0.1, 0.15) is 18.8 Å². The van der Waals surface area contributed by atoms with Gasteiger partial charge in [0.25, 0.3) is 0 Å². The van der Waals surface area contributed by atoms with Crippen molar-refractivity contribution >= 4 is 5.78 Å². The van der Waals surface area contributed by atoms with Gasteiger partial charge in [0.05, 0.1) is 20.2 Å². The van der Waals surface area contributed by atoms with Crippen molar-refractivity contribution in [3.63, 3.8) is 0 Å². The maximum absolute atomic E-state index is 13.0. The van der Waals surface area contributed by atoms with Gasteiger partial charge in [-0.2, -0.15) is 0 Å². The fourth-order valence-electron chi connectivity index (χ4n) is 4.33. The third-order valence-corrected chi connectivity index (χ3v) is 5.67. The Balaban J connectivity index is 1.73. The largest absolute Gasteiger partial charge is 0.497 e. The first-order chi connectivity index (χ1) is 12.5. The van der Waals surface area contributed by atoms with E-state index < -0.39 is 0 Å². The SMILES string of the molecule is COc1cc(C)c(CC(=O)C[N+]2(Cc3ccccc3)CCCC2)c(C)c1. The number of likely N-dealkylation sites (tertiary alicyclic amines) is 1. The van der Waals surface area contributed by atoms with Gasteiger partial charge in [-0.1, -0.05) is 30.3 Å². The first kappa shape index (κ1) is 18.7. The molecule has 0 spiro atoms. The first-order valence-electron chi connectivity index (χ1n) is 9.56. The number of rotatable bonds is 7. The molecule has 0 aliphatic carbocycles. The zero-order valence-corrected chi connectivity index (χ0v) is 16.3. The van der Waals surface area contributed by atoms with Gasteiger partial charge in [-0.05, 0) is 42.7 Å². The average molecular weight is 352 g/mol. The van der Waals surface area contributed by atoms with Crippen molar-refractivity contribution in [3.8, 4) is 5.75 Å². The average Bonchev–Trinajstić information content (AvgIpc) is 3.06. The van der Waals surface area contributed by atoms with Crippen LogP contribution < -0.4 is 4.74 Å². The number of ketones is 1. The van der Waals surface area contributed by atoms with E-state index in [1.165, 1.54) is 18.4 Å². The number of ether oxygens (including phenoxy) is 1. The molecule has 0 aromatic heterocycles. The monoisotopic (exact) mass is 352 g/mol. The number of hydrogen-bond donors (Lipinski definition) is 0. The molecule has 1 aliphatic heterocycles. The molecule has 1 saturated heterocycles. The summed E-state index contributed by atoms with van der Waals surface area (Å²) < 4.78 is 6.25. The van der Waals surface area contributed by atoms with E-state index >= 15 is 0 Å². The molecular weight excluding hydrogens is 322 g/mol. The smallest absolute Gasteiger partial charge is 0.191 e. The highest BCUT2D eigenvalue weighted by Crippen LogP contribution is 2.26. The molecule has 0 radical (unpaired) electrons. The number of nitrogens with zero attached hydrogens (tertiary/aromatic N) is 1. The zero-order valence-electron chi connectivity index (χ0n) is 16.3. The second-order valence-corrected chi connectivity index (χ2v) is 7.75. The summed E-state index contributed by atoms with van der Waals surface area (Å²) in [6, 6.07) is 14.7. The molecule has 2 aromatic carbocycles. The van der Waals surface area contributed by atoms with Gasteiger partial charge in [0.2, 0.25) is 0 Å². The molecule has 0 atom stereocenters. The van der Waals surface area contributed by atoms with Crippen LogP contribution in [0.1, 0.15) is 35.1 Å². The summed E-state index contributed by atoms with van der Waals surface area (Å²) in [5, 5.41) is 0. The van der Waals surface area contributed by atoms with E-state index in [-0.39, 0.29) is 0 Å². The van der Waals surface area contributed by atoms with E-state index in [0.29, 0.717) is 18.7 Å². The Bertz CT molecular complexity index is 738. The lowest BCUT2D eigenvalue weighted by atomic mass is 9.97. The summed E-state index contributed by atoms with van der Waals surface area (Å²) in [6.45, 7) is 7.97. The molecule has 138 valence electrons. The topological polar surface area (TPSA) is 26.3 Å². The van der Waals surface area contributed by atoms with Crippen LogP contribution in [0.2, 0.25) is 0 Å².